The van der Waals surface area contributed by atoms with Crippen LogP contribution in [0.1, 0.15) is 40.0 Å². The fourth-order valence-corrected chi connectivity index (χ4v) is 1.87. The Balaban J connectivity index is 2.16. The predicted octanol–water partition coefficient (Wildman–Crippen LogP) is 0.772. The van der Waals surface area contributed by atoms with E-state index in [0.717, 1.165) is 12.8 Å². The smallest absolute Gasteiger partial charge is 0.221 e. The molecule has 1 aliphatic heterocycles. The van der Waals surface area contributed by atoms with Crippen LogP contribution in [-0.2, 0) is 14.3 Å². The summed E-state index contributed by atoms with van der Waals surface area (Å²) in [5.74, 6) is -0.548. The summed E-state index contributed by atoms with van der Waals surface area (Å²) < 4.78 is 11.0. The van der Waals surface area contributed by atoms with Crippen LogP contribution in [0.4, 0.5) is 0 Å². The summed E-state index contributed by atoms with van der Waals surface area (Å²) in [5.41, 5.74) is 5.80. The number of hydrogen-bond acceptors (Lipinski definition) is 4. The average molecular weight is 244 g/mol. The van der Waals surface area contributed by atoms with Crippen LogP contribution < -0.4 is 11.1 Å². The molecule has 1 amide bonds. The number of amides is 1. The van der Waals surface area contributed by atoms with Crippen molar-refractivity contribution in [3.63, 3.8) is 0 Å². The normalized spacial score (nSPS) is 24.6. The summed E-state index contributed by atoms with van der Waals surface area (Å²) >= 11 is 0. The highest BCUT2D eigenvalue weighted by Gasteiger charge is 2.32. The summed E-state index contributed by atoms with van der Waals surface area (Å²) in [6.07, 6.45) is 2.20. The molecule has 5 heteroatoms. The Kier molecular flexibility index (Phi) is 5.36. The molecule has 0 radical (unpaired) electrons. The van der Waals surface area contributed by atoms with Crippen molar-refractivity contribution in [2.24, 2.45) is 5.73 Å². The Labute approximate surface area is 103 Å². The van der Waals surface area contributed by atoms with Gasteiger partial charge in [0.2, 0.25) is 5.91 Å². The summed E-state index contributed by atoms with van der Waals surface area (Å²) in [6.45, 7) is 6.80. The van der Waals surface area contributed by atoms with E-state index in [9.17, 15) is 4.79 Å². The number of rotatable bonds is 6. The minimum atomic E-state index is -0.534. The van der Waals surface area contributed by atoms with Gasteiger partial charge in [-0.25, -0.2) is 0 Å². The molecule has 1 heterocycles. The van der Waals surface area contributed by atoms with Gasteiger partial charge in [0.25, 0.3) is 0 Å². The van der Waals surface area contributed by atoms with Crippen LogP contribution in [-0.4, -0.2) is 37.0 Å². The van der Waals surface area contributed by atoms with E-state index in [1.165, 1.54) is 0 Å². The van der Waals surface area contributed by atoms with E-state index >= 15 is 0 Å². The first-order valence-electron chi connectivity index (χ1n) is 6.27. The number of hydrogen-bond donors (Lipinski definition) is 2. The Hall–Kier alpha value is -0.650. The SMILES string of the molecule is CCCC(N)CC(=O)NCC1COC(C)(C)O1. The van der Waals surface area contributed by atoms with Gasteiger partial charge in [-0.3, -0.25) is 4.79 Å². The molecule has 0 aromatic heterocycles. The maximum absolute atomic E-state index is 11.6. The summed E-state index contributed by atoms with van der Waals surface area (Å²) in [6, 6.07) is -0.0443. The van der Waals surface area contributed by atoms with Crippen LogP contribution in [0.15, 0.2) is 0 Å². The molecule has 0 aliphatic carbocycles. The van der Waals surface area contributed by atoms with Gasteiger partial charge in [-0.05, 0) is 20.3 Å². The lowest BCUT2D eigenvalue weighted by atomic mass is 10.1. The molecule has 5 nitrogen and oxygen atoms in total. The largest absolute Gasteiger partial charge is 0.353 e. The average Bonchev–Trinajstić information content (AvgIpc) is 2.55. The fourth-order valence-electron chi connectivity index (χ4n) is 1.87. The zero-order chi connectivity index (χ0) is 12.9. The van der Waals surface area contributed by atoms with E-state index in [1.54, 1.807) is 0 Å². The quantitative estimate of drug-likeness (QED) is 0.724. The van der Waals surface area contributed by atoms with Crippen LogP contribution in [0.2, 0.25) is 0 Å². The second-order valence-electron chi connectivity index (χ2n) is 5.01. The first kappa shape index (κ1) is 14.4. The van der Waals surface area contributed by atoms with Crippen LogP contribution in [0, 0.1) is 0 Å². The van der Waals surface area contributed by atoms with Crippen molar-refractivity contribution < 1.29 is 14.3 Å². The van der Waals surface area contributed by atoms with Gasteiger partial charge < -0.3 is 20.5 Å². The van der Waals surface area contributed by atoms with Gasteiger partial charge in [0, 0.05) is 19.0 Å². The van der Waals surface area contributed by atoms with Crippen molar-refractivity contribution in [3.8, 4) is 0 Å². The number of carbonyl (C=O) groups excluding carboxylic acids is 1. The summed E-state index contributed by atoms with van der Waals surface area (Å²) in [7, 11) is 0. The molecule has 2 unspecified atom stereocenters. The monoisotopic (exact) mass is 244 g/mol. The van der Waals surface area contributed by atoms with Gasteiger partial charge in [-0.1, -0.05) is 13.3 Å². The van der Waals surface area contributed by atoms with E-state index in [2.05, 4.69) is 12.2 Å². The van der Waals surface area contributed by atoms with Gasteiger partial charge in [0.1, 0.15) is 6.10 Å². The van der Waals surface area contributed by atoms with E-state index in [4.69, 9.17) is 15.2 Å². The Bertz CT molecular complexity index is 256. The molecule has 17 heavy (non-hydrogen) atoms. The Morgan fingerprint density at radius 1 is 1.59 bits per heavy atom. The highest BCUT2D eigenvalue weighted by atomic mass is 16.7. The maximum atomic E-state index is 11.6. The van der Waals surface area contributed by atoms with Gasteiger partial charge in [-0.2, -0.15) is 0 Å². The number of nitrogens with two attached hydrogens (primary N) is 1. The lowest BCUT2D eigenvalue weighted by Crippen LogP contribution is -2.37. The molecule has 3 N–H and O–H groups in total. The molecule has 0 aromatic rings. The van der Waals surface area contributed by atoms with Gasteiger partial charge in [-0.15, -0.1) is 0 Å². The molecule has 1 aliphatic rings. The molecular formula is C12H24N2O3. The highest BCUT2D eigenvalue weighted by molar-refractivity contribution is 5.76. The lowest BCUT2D eigenvalue weighted by molar-refractivity contribution is -0.139. The zero-order valence-corrected chi connectivity index (χ0v) is 11.0. The third-order valence-corrected chi connectivity index (χ3v) is 2.70. The van der Waals surface area contributed by atoms with Gasteiger partial charge in [0.15, 0.2) is 5.79 Å². The minimum absolute atomic E-state index is 0.0146. The highest BCUT2D eigenvalue weighted by Crippen LogP contribution is 2.21. The molecule has 1 saturated heterocycles. The van der Waals surface area contributed by atoms with Crippen LogP contribution in [0.5, 0.6) is 0 Å². The minimum Gasteiger partial charge on any atom is -0.353 e. The molecule has 0 saturated carbocycles. The van der Waals surface area contributed by atoms with Gasteiger partial charge in [0.05, 0.1) is 6.61 Å². The lowest BCUT2D eigenvalue weighted by Gasteiger charge is -2.17. The topological polar surface area (TPSA) is 73.6 Å². The molecule has 0 spiro atoms. The van der Waals surface area contributed by atoms with Crippen molar-refractivity contribution in [3.05, 3.63) is 0 Å². The van der Waals surface area contributed by atoms with E-state index < -0.39 is 5.79 Å². The molecule has 0 aromatic carbocycles. The van der Waals surface area contributed by atoms with Crippen molar-refractivity contribution in [1.82, 2.24) is 5.32 Å². The van der Waals surface area contributed by atoms with Crippen molar-refractivity contribution in [2.75, 3.05) is 13.2 Å². The number of carbonyl (C=O) groups is 1. The zero-order valence-electron chi connectivity index (χ0n) is 11.0. The Morgan fingerprint density at radius 2 is 2.29 bits per heavy atom. The molecule has 1 rings (SSSR count). The van der Waals surface area contributed by atoms with Crippen molar-refractivity contribution in [2.45, 2.75) is 58.0 Å². The molecule has 100 valence electrons. The maximum Gasteiger partial charge on any atom is 0.221 e. The van der Waals surface area contributed by atoms with Crippen LogP contribution in [0.25, 0.3) is 0 Å². The predicted molar refractivity (Wildman–Crippen MR) is 65.4 cm³/mol. The fraction of sp³-hybridized carbons (Fsp3) is 0.917. The van der Waals surface area contributed by atoms with Crippen LogP contribution in [0.3, 0.4) is 0 Å². The third kappa shape index (κ3) is 5.48. The second kappa shape index (κ2) is 6.33. The standard InChI is InChI=1S/C12H24N2O3/c1-4-5-9(13)6-11(15)14-7-10-8-16-12(2,3)17-10/h9-10H,4-8,13H2,1-3H3,(H,14,15). The number of nitrogens with one attached hydrogen (secondary N) is 1. The van der Waals surface area contributed by atoms with E-state index in [0.29, 0.717) is 19.6 Å². The number of ether oxygens (including phenoxy) is 2. The first-order valence-corrected chi connectivity index (χ1v) is 6.27. The third-order valence-electron chi connectivity index (χ3n) is 2.70. The van der Waals surface area contributed by atoms with Crippen molar-refractivity contribution >= 4 is 5.91 Å². The first-order chi connectivity index (χ1) is 7.93. The van der Waals surface area contributed by atoms with Gasteiger partial charge >= 0.3 is 0 Å². The molecule has 0 bridgehead atoms. The molecular weight excluding hydrogens is 220 g/mol. The molecule has 2 atom stereocenters. The van der Waals surface area contributed by atoms with Crippen LogP contribution >= 0.6 is 0 Å². The Morgan fingerprint density at radius 3 is 2.82 bits per heavy atom. The molecule has 1 fully saturated rings. The summed E-state index contributed by atoms with van der Waals surface area (Å²) in [5, 5.41) is 2.83. The van der Waals surface area contributed by atoms with E-state index in [1.807, 2.05) is 13.8 Å². The summed E-state index contributed by atoms with van der Waals surface area (Å²) in [4.78, 5) is 11.6. The van der Waals surface area contributed by atoms with E-state index in [-0.39, 0.29) is 18.1 Å². The van der Waals surface area contributed by atoms with Crippen molar-refractivity contribution in [1.29, 1.82) is 0 Å². The second-order valence-corrected chi connectivity index (χ2v) is 5.01.